The normalized spacial score (nSPS) is 10.2. The fraction of sp³-hybridized carbons (Fsp3) is 0.364. The summed E-state index contributed by atoms with van der Waals surface area (Å²) in [4.78, 5) is 12.8. The van der Waals surface area contributed by atoms with E-state index >= 15 is 0 Å². The van der Waals surface area contributed by atoms with E-state index in [0.29, 0.717) is 17.1 Å². The summed E-state index contributed by atoms with van der Waals surface area (Å²) in [6.45, 7) is 0.644. The number of amides is 1. The molecule has 0 aliphatic carbocycles. The summed E-state index contributed by atoms with van der Waals surface area (Å²) in [7, 11) is 3.39. The summed E-state index contributed by atoms with van der Waals surface area (Å²) in [6, 6.07) is 5.13. The van der Waals surface area contributed by atoms with Gasteiger partial charge in [-0.3, -0.25) is 4.79 Å². The second kappa shape index (κ2) is 5.72. The molecule has 0 saturated heterocycles. The molecule has 0 unspecified atom stereocenters. The Bertz CT molecular complexity index is 380. The Morgan fingerprint density at radius 3 is 2.81 bits per heavy atom. The van der Waals surface area contributed by atoms with Crippen molar-refractivity contribution < 1.29 is 9.90 Å². The Hall–Kier alpha value is -1.26. The minimum Gasteiger partial charge on any atom is -0.506 e. The second-order valence-corrected chi connectivity index (χ2v) is 4.05. The van der Waals surface area contributed by atoms with Gasteiger partial charge in [-0.2, -0.15) is 0 Å². The van der Waals surface area contributed by atoms with E-state index in [1.165, 1.54) is 4.90 Å². The lowest BCUT2D eigenvalue weighted by atomic mass is 10.2. The smallest absolute Gasteiger partial charge is 0.236 e. The second-order valence-electron chi connectivity index (χ2n) is 3.64. The largest absolute Gasteiger partial charge is 0.506 e. The molecule has 2 N–H and O–H groups in total. The van der Waals surface area contributed by atoms with Crippen LogP contribution in [0.25, 0.3) is 0 Å². The van der Waals surface area contributed by atoms with Crippen LogP contribution in [0.5, 0.6) is 5.75 Å². The summed E-state index contributed by atoms with van der Waals surface area (Å²) in [5.74, 6) is 0.0514. The van der Waals surface area contributed by atoms with Crippen LogP contribution in [0.1, 0.15) is 5.56 Å². The molecule has 0 bridgehead atoms. The first-order chi connectivity index (χ1) is 7.52. The number of phenolic OH excluding ortho intramolecular Hbond substituents is 1. The van der Waals surface area contributed by atoms with Crippen LogP contribution < -0.4 is 5.32 Å². The maximum atomic E-state index is 11.3. The van der Waals surface area contributed by atoms with Crippen LogP contribution in [0, 0.1) is 0 Å². The standard InChI is InChI=1S/C11H15ClN2O2/c1-14(2)10(15)7-13-6-8-4-3-5-9(12)11(8)16/h3-5,13,16H,6-7H2,1-2H3. The molecular formula is C11H15ClN2O2. The number of halogens is 1. The number of benzene rings is 1. The Morgan fingerprint density at radius 1 is 1.50 bits per heavy atom. The van der Waals surface area contributed by atoms with E-state index in [1.54, 1.807) is 32.3 Å². The van der Waals surface area contributed by atoms with Gasteiger partial charge in [-0.05, 0) is 6.07 Å². The number of likely N-dealkylation sites (N-methyl/N-ethyl adjacent to an activating group) is 1. The highest BCUT2D eigenvalue weighted by atomic mass is 35.5. The molecule has 0 aliphatic heterocycles. The molecular weight excluding hydrogens is 228 g/mol. The molecule has 5 heteroatoms. The molecule has 1 rings (SSSR count). The Balaban J connectivity index is 2.49. The fourth-order valence-corrected chi connectivity index (χ4v) is 1.36. The third-order valence-electron chi connectivity index (χ3n) is 2.16. The third kappa shape index (κ3) is 3.40. The average molecular weight is 243 g/mol. The number of carbonyl (C=O) groups excluding carboxylic acids is 1. The van der Waals surface area contributed by atoms with Crippen LogP contribution in [0.15, 0.2) is 18.2 Å². The van der Waals surface area contributed by atoms with Crippen molar-refractivity contribution in [3.63, 3.8) is 0 Å². The quantitative estimate of drug-likeness (QED) is 0.835. The monoisotopic (exact) mass is 242 g/mol. The number of para-hydroxylation sites is 1. The fourth-order valence-electron chi connectivity index (χ4n) is 1.16. The first-order valence-corrected chi connectivity index (χ1v) is 5.27. The topological polar surface area (TPSA) is 52.6 Å². The highest BCUT2D eigenvalue weighted by Gasteiger charge is 2.06. The average Bonchev–Trinajstić information content (AvgIpc) is 2.24. The molecule has 4 nitrogen and oxygen atoms in total. The Labute approximate surface area is 99.8 Å². The number of carbonyl (C=O) groups is 1. The van der Waals surface area contributed by atoms with Gasteiger partial charge in [0, 0.05) is 26.2 Å². The molecule has 0 saturated carbocycles. The minimum atomic E-state index is -0.0125. The van der Waals surface area contributed by atoms with Crippen LogP contribution in [0.4, 0.5) is 0 Å². The van der Waals surface area contributed by atoms with Crippen molar-refractivity contribution in [2.24, 2.45) is 0 Å². The van der Waals surface area contributed by atoms with Crippen LogP contribution in [0.3, 0.4) is 0 Å². The van der Waals surface area contributed by atoms with E-state index in [1.807, 2.05) is 0 Å². The maximum Gasteiger partial charge on any atom is 0.236 e. The van der Waals surface area contributed by atoms with Crippen LogP contribution in [0.2, 0.25) is 5.02 Å². The van der Waals surface area contributed by atoms with Gasteiger partial charge < -0.3 is 15.3 Å². The van der Waals surface area contributed by atoms with Crippen molar-refractivity contribution in [3.8, 4) is 5.75 Å². The van der Waals surface area contributed by atoms with Gasteiger partial charge in [0.05, 0.1) is 11.6 Å². The van der Waals surface area contributed by atoms with Gasteiger partial charge in [0.1, 0.15) is 5.75 Å². The molecule has 0 spiro atoms. The van der Waals surface area contributed by atoms with Crippen molar-refractivity contribution in [2.75, 3.05) is 20.6 Å². The lowest BCUT2D eigenvalue weighted by Crippen LogP contribution is -2.32. The number of aromatic hydroxyl groups is 1. The Kier molecular flexibility index (Phi) is 4.58. The van der Waals surface area contributed by atoms with Gasteiger partial charge in [0.25, 0.3) is 0 Å². The highest BCUT2D eigenvalue weighted by molar-refractivity contribution is 6.32. The van der Waals surface area contributed by atoms with Crippen molar-refractivity contribution in [2.45, 2.75) is 6.54 Å². The number of phenols is 1. The molecule has 0 atom stereocenters. The zero-order valence-electron chi connectivity index (χ0n) is 9.33. The number of hydrogen-bond acceptors (Lipinski definition) is 3. The van der Waals surface area contributed by atoms with E-state index in [4.69, 9.17) is 11.6 Å². The molecule has 16 heavy (non-hydrogen) atoms. The van der Waals surface area contributed by atoms with Gasteiger partial charge in [0.2, 0.25) is 5.91 Å². The van der Waals surface area contributed by atoms with Crippen molar-refractivity contribution in [1.82, 2.24) is 10.2 Å². The van der Waals surface area contributed by atoms with Crippen LogP contribution in [-0.2, 0) is 11.3 Å². The SMILES string of the molecule is CN(C)C(=O)CNCc1cccc(Cl)c1O. The van der Waals surface area contributed by atoms with Gasteiger partial charge in [-0.1, -0.05) is 23.7 Å². The summed E-state index contributed by atoms with van der Waals surface area (Å²) in [5, 5.41) is 12.9. The first kappa shape index (κ1) is 12.8. The summed E-state index contributed by atoms with van der Waals surface area (Å²) < 4.78 is 0. The van der Waals surface area contributed by atoms with Crippen molar-refractivity contribution in [3.05, 3.63) is 28.8 Å². The lowest BCUT2D eigenvalue weighted by Gasteiger charge is -2.11. The molecule has 1 aromatic rings. The minimum absolute atomic E-state index is 0.0125. The van der Waals surface area contributed by atoms with Crippen molar-refractivity contribution >= 4 is 17.5 Å². The third-order valence-corrected chi connectivity index (χ3v) is 2.47. The lowest BCUT2D eigenvalue weighted by molar-refractivity contribution is -0.127. The molecule has 0 aromatic heterocycles. The van der Waals surface area contributed by atoms with E-state index in [9.17, 15) is 9.90 Å². The summed E-state index contributed by atoms with van der Waals surface area (Å²) in [5.41, 5.74) is 0.680. The molecule has 1 aromatic carbocycles. The number of nitrogens with one attached hydrogen (secondary N) is 1. The molecule has 0 aliphatic rings. The first-order valence-electron chi connectivity index (χ1n) is 4.89. The van der Waals surface area contributed by atoms with Gasteiger partial charge in [0.15, 0.2) is 0 Å². The van der Waals surface area contributed by atoms with E-state index in [-0.39, 0.29) is 18.2 Å². The van der Waals surface area contributed by atoms with Crippen molar-refractivity contribution in [1.29, 1.82) is 0 Å². The zero-order valence-corrected chi connectivity index (χ0v) is 10.1. The van der Waals surface area contributed by atoms with Crippen LogP contribution >= 0.6 is 11.6 Å². The number of rotatable bonds is 4. The summed E-state index contributed by atoms with van der Waals surface area (Å²) >= 11 is 5.75. The highest BCUT2D eigenvalue weighted by Crippen LogP contribution is 2.26. The predicted octanol–water partition coefficient (Wildman–Crippen LogP) is 1.22. The van der Waals surface area contributed by atoms with Gasteiger partial charge in [-0.25, -0.2) is 0 Å². The predicted molar refractivity (Wildman–Crippen MR) is 63.5 cm³/mol. The van der Waals surface area contributed by atoms with Crippen LogP contribution in [-0.4, -0.2) is 36.6 Å². The molecule has 88 valence electrons. The number of nitrogens with zero attached hydrogens (tertiary/aromatic N) is 1. The summed E-state index contributed by atoms with van der Waals surface area (Å²) in [6.07, 6.45) is 0. The number of hydrogen-bond donors (Lipinski definition) is 2. The zero-order chi connectivity index (χ0) is 12.1. The van der Waals surface area contributed by atoms with E-state index < -0.39 is 0 Å². The van der Waals surface area contributed by atoms with E-state index in [2.05, 4.69) is 5.32 Å². The molecule has 0 heterocycles. The van der Waals surface area contributed by atoms with E-state index in [0.717, 1.165) is 0 Å². The van der Waals surface area contributed by atoms with Gasteiger partial charge in [-0.15, -0.1) is 0 Å². The maximum absolute atomic E-state index is 11.3. The Morgan fingerprint density at radius 2 is 2.19 bits per heavy atom. The molecule has 0 radical (unpaired) electrons. The molecule has 0 fully saturated rings. The molecule has 1 amide bonds. The van der Waals surface area contributed by atoms with Gasteiger partial charge >= 0.3 is 0 Å².